The fraction of sp³-hybridized carbons (Fsp3) is 1.00. The lowest BCUT2D eigenvalue weighted by Gasteiger charge is -2.50. The van der Waals surface area contributed by atoms with Gasteiger partial charge in [-0.15, -0.1) is 0 Å². The van der Waals surface area contributed by atoms with Gasteiger partial charge in [0.15, 0.2) is 0 Å². The minimum atomic E-state index is 0.313. The van der Waals surface area contributed by atoms with Gasteiger partial charge in [0, 0.05) is 24.7 Å². The molecule has 1 N–H and O–H groups in total. The Bertz CT molecular complexity index is 251. The minimum Gasteiger partial charge on any atom is -0.315 e. The summed E-state index contributed by atoms with van der Waals surface area (Å²) in [7, 11) is 8.80. The number of hydrogen-bond donors (Lipinski definition) is 1. The van der Waals surface area contributed by atoms with Crippen molar-refractivity contribution in [2.45, 2.75) is 51.6 Å². The molecule has 3 nitrogen and oxygen atoms in total. The number of nitrogens with zero attached hydrogens (tertiary/aromatic N) is 2. The van der Waals surface area contributed by atoms with Crippen LogP contribution < -0.4 is 5.32 Å². The van der Waals surface area contributed by atoms with Gasteiger partial charge >= 0.3 is 0 Å². The normalized spacial score (nSPS) is 21.2. The molecule has 18 heavy (non-hydrogen) atoms. The highest BCUT2D eigenvalue weighted by molar-refractivity contribution is 4.98. The molecule has 0 spiro atoms. The summed E-state index contributed by atoms with van der Waals surface area (Å²) in [6.45, 7) is 9.25. The molecule has 0 amide bonds. The molecule has 0 heterocycles. The third-order valence-corrected chi connectivity index (χ3v) is 4.69. The molecule has 108 valence electrons. The quantitative estimate of drug-likeness (QED) is 0.783. The molecule has 0 radical (unpaired) electrons. The highest BCUT2D eigenvalue weighted by Gasteiger charge is 2.40. The van der Waals surface area contributed by atoms with Gasteiger partial charge in [-0.25, -0.2) is 0 Å². The second-order valence-corrected chi connectivity index (χ2v) is 7.38. The number of nitrogens with one attached hydrogen (secondary N) is 1. The van der Waals surface area contributed by atoms with Crippen LogP contribution in [0.5, 0.6) is 0 Å². The lowest BCUT2D eigenvalue weighted by molar-refractivity contribution is 0.0221. The van der Waals surface area contributed by atoms with E-state index in [4.69, 9.17) is 0 Å². The van der Waals surface area contributed by atoms with Gasteiger partial charge in [-0.3, -0.25) is 0 Å². The van der Waals surface area contributed by atoms with E-state index in [1.165, 1.54) is 25.8 Å². The van der Waals surface area contributed by atoms with Gasteiger partial charge in [0.1, 0.15) is 0 Å². The number of likely N-dealkylation sites (N-methyl/N-ethyl adjacent to an activating group) is 3. The molecule has 1 aliphatic rings. The average molecular weight is 255 g/mol. The fourth-order valence-corrected chi connectivity index (χ4v) is 3.01. The lowest BCUT2D eigenvalue weighted by Crippen LogP contribution is -2.58. The number of rotatable bonds is 6. The van der Waals surface area contributed by atoms with Crippen LogP contribution in [0.1, 0.15) is 40.0 Å². The van der Waals surface area contributed by atoms with Gasteiger partial charge in [-0.2, -0.15) is 0 Å². The molecule has 1 fully saturated rings. The third-order valence-electron chi connectivity index (χ3n) is 4.69. The van der Waals surface area contributed by atoms with E-state index in [0.29, 0.717) is 17.0 Å². The van der Waals surface area contributed by atoms with Crippen molar-refractivity contribution in [3.05, 3.63) is 0 Å². The van der Waals surface area contributed by atoms with Crippen LogP contribution in [-0.2, 0) is 0 Å². The topological polar surface area (TPSA) is 18.5 Å². The van der Waals surface area contributed by atoms with Crippen LogP contribution in [0.2, 0.25) is 0 Å². The second-order valence-electron chi connectivity index (χ2n) is 7.38. The maximum absolute atomic E-state index is 3.47. The summed E-state index contributed by atoms with van der Waals surface area (Å²) in [4.78, 5) is 4.93. The monoisotopic (exact) mass is 255 g/mol. The Morgan fingerprint density at radius 2 is 1.72 bits per heavy atom. The van der Waals surface area contributed by atoms with Gasteiger partial charge in [0.25, 0.3) is 0 Å². The van der Waals surface area contributed by atoms with Crippen molar-refractivity contribution in [1.29, 1.82) is 0 Å². The van der Waals surface area contributed by atoms with Crippen LogP contribution in [-0.4, -0.2) is 62.7 Å². The van der Waals surface area contributed by atoms with Gasteiger partial charge in [0.2, 0.25) is 0 Å². The maximum atomic E-state index is 3.47. The van der Waals surface area contributed by atoms with E-state index >= 15 is 0 Å². The summed E-state index contributed by atoms with van der Waals surface area (Å²) in [5, 5.41) is 3.47. The molecule has 0 bridgehead atoms. The molecule has 1 atom stereocenters. The summed E-state index contributed by atoms with van der Waals surface area (Å²) < 4.78 is 0. The summed E-state index contributed by atoms with van der Waals surface area (Å²) in [6.07, 6.45) is 4.09. The van der Waals surface area contributed by atoms with Crippen molar-refractivity contribution in [3.63, 3.8) is 0 Å². The zero-order valence-electron chi connectivity index (χ0n) is 13.5. The van der Waals surface area contributed by atoms with Crippen LogP contribution in [0.3, 0.4) is 0 Å². The summed E-state index contributed by atoms with van der Waals surface area (Å²) in [5.74, 6) is 0. The SMILES string of the molecule is CNC(CN(C)CC1(N(C)C)CCC1)C(C)(C)C. The van der Waals surface area contributed by atoms with E-state index < -0.39 is 0 Å². The average Bonchev–Trinajstić information content (AvgIpc) is 2.17. The van der Waals surface area contributed by atoms with Gasteiger partial charge in [0.05, 0.1) is 0 Å². The molecule has 1 unspecified atom stereocenters. The van der Waals surface area contributed by atoms with Crippen molar-refractivity contribution in [3.8, 4) is 0 Å². The fourth-order valence-electron chi connectivity index (χ4n) is 3.01. The Kier molecular flexibility index (Phi) is 5.22. The Balaban J connectivity index is 2.52. The highest BCUT2D eigenvalue weighted by Crippen LogP contribution is 2.36. The Morgan fingerprint density at radius 3 is 2.00 bits per heavy atom. The molecule has 3 heteroatoms. The van der Waals surface area contributed by atoms with E-state index in [-0.39, 0.29) is 0 Å². The van der Waals surface area contributed by atoms with Crippen molar-refractivity contribution in [2.75, 3.05) is 41.3 Å². The third kappa shape index (κ3) is 3.69. The first kappa shape index (κ1) is 15.9. The van der Waals surface area contributed by atoms with Crippen molar-refractivity contribution < 1.29 is 0 Å². The predicted molar refractivity (Wildman–Crippen MR) is 80.1 cm³/mol. The molecule has 1 aliphatic carbocycles. The molecule has 0 aromatic heterocycles. The Morgan fingerprint density at radius 1 is 1.17 bits per heavy atom. The van der Waals surface area contributed by atoms with E-state index in [9.17, 15) is 0 Å². The van der Waals surface area contributed by atoms with Crippen molar-refractivity contribution >= 4 is 0 Å². The molecule has 0 aromatic rings. The Hall–Kier alpha value is -0.120. The highest BCUT2D eigenvalue weighted by atomic mass is 15.2. The van der Waals surface area contributed by atoms with Crippen LogP contribution in [0.4, 0.5) is 0 Å². The molecular weight excluding hydrogens is 222 g/mol. The second kappa shape index (κ2) is 5.89. The van der Waals surface area contributed by atoms with Crippen LogP contribution in [0, 0.1) is 5.41 Å². The molecule has 0 aliphatic heterocycles. The molecule has 1 saturated carbocycles. The maximum Gasteiger partial charge on any atom is 0.0330 e. The molecule has 0 aromatic carbocycles. The van der Waals surface area contributed by atoms with E-state index in [1.807, 2.05) is 0 Å². The van der Waals surface area contributed by atoms with E-state index in [1.54, 1.807) is 0 Å². The Labute approximate surface area is 114 Å². The van der Waals surface area contributed by atoms with Gasteiger partial charge in [-0.1, -0.05) is 20.8 Å². The van der Waals surface area contributed by atoms with Crippen LogP contribution in [0.15, 0.2) is 0 Å². The first-order valence-electron chi connectivity index (χ1n) is 7.24. The van der Waals surface area contributed by atoms with Crippen molar-refractivity contribution in [1.82, 2.24) is 15.1 Å². The lowest BCUT2D eigenvalue weighted by atomic mass is 9.75. The van der Waals surface area contributed by atoms with Crippen molar-refractivity contribution in [2.24, 2.45) is 5.41 Å². The summed E-state index contributed by atoms with van der Waals surface area (Å²) in [6, 6.07) is 0.543. The predicted octanol–water partition coefficient (Wildman–Crippen LogP) is 2.04. The van der Waals surface area contributed by atoms with E-state index in [2.05, 4.69) is 64.1 Å². The standard InChI is InChI=1S/C15H33N3/c1-14(2,3)13(16-4)11-18(7)12-15(17(5)6)9-8-10-15/h13,16H,8-12H2,1-7H3. The zero-order chi connectivity index (χ0) is 14.0. The van der Waals surface area contributed by atoms with Crippen LogP contribution >= 0.6 is 0 Å². The zero-order valence-corrected chi connectivity index (χ0v) is 13.5. The number of hydrogen-bond acceptors (Lipinski definition) is 3. The summed E-state index contributed by atoms with van der Waals surface area (Å²) in [5.41, 5.74) is 0.749. The first-order chi connectivity index (χ1) is 8.21. The van der Waals surface area contributed by atoms with E-state index in [0.717, 1.165) is 6.54 Å². The summed E-state index contributed by atoms with van der Waals surface area (Å²) >= 11 is 0. The minimum absolute atomic E-state index is 0.313. The van der Waals surface area contributed by atoms with Gasteiger partial charge < -0.3 is 15.1 Å². The van der Waals surface area contributed by atoms with Gasteiger partial charge in [-0.05, 0) is 52.9 Å². The smallest absolute Gasteiger partial charge is 0.0330 e. The molecule has 1 rings (SSSR count). The molecular formula is C15H33N3. The molecule has 0 saturated heterocycles. The first-order valence-corrected chi connectivity index (χ1v) is 7.24. The van der Waals surface area contributed by atoms with Crippen LogP contribution in [0.25, 0.3) is 0 Å². The largest absolute Gasteiger partial charge is 0.315 e.